The third-order valence-corrected chi connectivity index (χ3v) is 3.52. The Bertz CT molecular complexity index is 536. The summed E-state index contributed by atoms with van der Waals surface area (Å²) in [6.45, 7) is 1.07. The zero-order valence-electron chi connectivity index (χ0n) is 11.1. The third kappa shape index (κ3) is 2.87. The first-order valence-corrected chi connectivity index (χ1v) is 6.43. The zero-order valence-corrected chi connectivity index (χ0v) is 11.1. The molecule has 1 aromatic rings. The van der Waals surface area contributed by atoms with E-state index in [4.69, 9.17) is 0 Å². The molecule has 0 bridgehead atoms. The van der Waals surface area contributed by atoms with Gasteiger partial charge in [0.15, 0.2) is 5.82 Å². The number of amides is 1. The number of hydrogen-bond donors (Lipinski definition) is 1. The number of nitro groups is 1. The summed E-state index contributed by atoms with van der Waals surface area (Å²) in [5, 5.41) is 13.2. The van der Waals surface area contributed by atoms with E-state index in [9.17, 15) is 19.3 Å². The molecule has 0 aliphatic carbocycles. The number of halogens is 1. The highest BCUT2D eigenvalue weighted by atomic mass is 19.1. The van der Waals surface area contributed by atoms with E-state index in [1.54, 1.807) is 11.9 Å². The van der Waals surface area contributed by atoms with Crippen LogP contribution in [0.1, 0.15) is 12.8 Å². The van der Waals surface area contributed by atoms with E-state index in [2.05, 4.69) is 5.32 Å². The van der Waals surface area contributed by atoms with E-state index in [1.807, 2.05) is 0 Å². The molecular weight excluding hydrogens is 265 g/mol. The molecule has 0 saturated carbocycles. The third-order valence-electron chi connectivity index (χ3n) is 3.52. The first-order valence-electron chi connectivity index (χ1n) is 6.43. The Morgan fingerprint density at radius 3 is 2.90 bits per heavy atom. The number of carbonyl (C=O) groups excluding carboxylic acids is 1. The first-order chi connectivity index (χ1) is 9.52. The van der Waals surface area contributed by atoms with Gasteiger partial charge in [0.2, 0.25) is 5.91 Å². The van der Waals surface area contributed by atoms with E-state index in [1.165, 1.54) is 12.1 Å². The maximum atomic E-state index is 14.0. The van der Waals surface area contributed by atoms with E-state index < -0.39 is 10.7 Å². The number of nitrogens with one attached hydrogen (secondary N) is 1. The molecule has 1 aliphatic rings. The number of non-ortho nitro benzene ring substituents is 1. The van der Waals surface area contributed by atoms with Crippen molar-refractivity contribution >= 4 is 17.3 Å². The Labute approximate surface area is 115 Å². The van der Waals surface area contributed by atoms with Crippen molar-refractivity contribution in [3.63, 3.8) is 0 Å². The number of benzene rings is 1. The number of nitrogens with zero attached hydrogens (tertiary/aromatic N) is 2. The molecule has 108 valence electrons. The highest BCUT2D eigenvalue weighted by Crippen LogP contribution is 2.28. The summed E-state index contributed by atoms with van der Waals surface area (Å²) in [6.07, 6.45) is 1.55. The Morgan fingerprint density at radius 1 is 1.55 bits per heavy atom. The van der Waals surface area contributed by atoms with Crippen LogP contribution < -0.4 is 10.2 Å². The topological polar surface area (TPSA) is 75.5 Å². The Balaban J connectivity index is 2.19. The van der Waals surface area contributed by atoms with Crippen molar-refractivity contribution in [1.82, 2.24) is 5.32 Å². The molecule has 2 rings (SSSR count). The van der Waals surface area contributed by atoms with Gasteiger partial charge in [-0.25, -0.2) is 4.39 Å². The minimum Gasteiger partial charge on any atom is -0.368 e. The van der Waals surface area contributed by atoms with Crippen molar-refractivity contribution in [2.24, 2.45) is 5.92 Å². The molecular formula is C13H16FN3O3. The van der Waals surface area contributed by atoms with Gasteiger partial charge in [-0.05, 0) is 18.9 Å². The average molecular weight is 281 g/mol. The van der Waals surface area contributed by atoms with Crippen LogP contribution in [0.4, 0.5) is 15.8 Å². The molecule has 7 heteroatoms. The molecule has 20 heavy (non-hydrogen) atoms. The van der Waals surface area contributed by atoms with Crippen molar-refractivity contribution in [2.75, 3.05) is 25.0 Å². The van der Waals surface area contributed by atoms with E-state index in [0.29, 0.717) is 18.8 Å². The molecule has 1 fully saturated rings. The molecule has 0 spiro atoms. The number of hydrogen-bond acceptors (Lipinski definition) is 4. The molecule has 0 radical (unpaired) electrons. The highest BCUT2D eigenvalue weighted by molar-refractivity contribution is 5.79. The van der Waals surface area contributed by atoms with Crippen LogP contribution in [0, 0.1) is 21.8 Å². The van der Waals surface area contributed by atoms with Crippen LogP contribution in [0.15, 0.2) is 18.2 Å². The predicted molar refractivity (Wildman–Crippen MR) is 72.1 cm³/mol. The van der Waals surface area contributed by atoms with Crippen LogP contribution in [0.3, 0.4) is 0 Å². The van der Waals surface area contributed by atoms with Crippen LogP contribution in [0.5, 0.6) is 0 Å². The summed E-state index contributed by atoms with van der Waals surface area (Å²) in [6, 6.07) is 3.60. The molecule has 6 nitrogen and oxygen atoms in total. The summed E-state index contributed by atoms with van der Waals surface area (Å²) >= 11 is 0. The number of rotatable bonds is 3. The van der Waals surface area contributed by atoms with Gasteiger partial charge in [-0.15, -0.1) is 0 Å². The number of nitro benzene ring substituents is 1. The minimum absolute atomic E-state index is 0.0583. The lowest BCUT2D eigenvalue weighted by Crippen LogP contribution is -2.42. The Hall–Kier alpha value is -2.18. The molecule has 1 heterocycles. The standard InChI is InChI=1S/C13H16FN3O3/c1-15-13(18)9-3-2-6-16(8-9)12-5-4-10(17(19)20)7-11(12)14/h4-5,7,9H,2-3,6,8H2,1H3,(H,15,18)/t9-/m0/s1. The summed E-state index contributed by atoms with van der Waals surface area (Å²) < 4.78 is 14.0. The Morgan fingerprint density at radius 2 is 2.30 bits per heavy atom. The molecule has 0 aromatic heterocycles. The summed E-state index contributed by atoms with van der Waals surface area (Å²) in [5.74, 6) is -0.864. The van der Waals surface area contributed by atoms with Crippen LogP contribution in [-0.2, 0) is 4.79 Å². The van der Waals surface area contributed by atoms with Gasteiger partial charge in [0, 0.05) is 26.2 Å². The number of anilines is 1. The van der Waals surface area contributed by atoms with Crippen LogP contribution in [0.25, 0.3) is 0 Å². The monoisotopic (exact) mass is 281 g/mol. The fourth-order valence-electron chi connectivity index (χ4n) is 2.48. The lowest BCUT2D eigenvalue weighted by Gasteiger charge is -2.33. The van der Waals surface area contributed by atoms with Gasteiger partial charge >= 0.3 is 0 Å². The molecule has 1 N–H and O–H groups in total. The lowest BCUT2D eigenvalue weighted by atomic mass is 9.96. The average Bonchev–Trinajstić information content (AvgIpc) is 2.46. The molecule has 1 atom stereocenters. The van der Waals surface area contributed by atoms with Crippen molar-refractivity contribution in [3.8, 4) is 0 Å². The van der Waals surface area contributed by atoms with E-state index in [-0.39, 0.29) is 17.5 Å². The first kappa shape index (κ1) is 14.2. The quantitative estimate of drug-likeness (QED) is 0.676. The van der Waals surface area contributed by atoms with Gasteiger partial charge in [-0.2, -0.15) is 0 Å². The lowest BCUT2D eigenvalue weighted by molar-refractivity contribution is -0.385. The fourth-order valence-corrected chi connectivity index (χ4v) is 2.48. The largest absolute Gasteiger partial charge is 0.368 e. The second-order valence-corrected chi connectivity index (χ2v) is 4.79. The molecule has 1 aliphatic heterocycles. The predicted octanol–water partition coefficient (Wildman–Crippen LogP) is 1.70. The number of carbonyl (C=O) groups is 1. The van der Waals surface area contributed by atoms with Gasteiger partial charge in [-0.3, -0.25) is 14.9 Å². The molecule has 1 aromatic carbocycles. The summed E-state index contributed by atoms with van der Waals surface area (Å²) in [7, 11) is 1.58. The van der Waals surface area contributed by atoms with Gasteiger partial charge in [0.25, 0.3) is 5.69 Å². The second-order valence-electron chi connectivity index (χ2n) is 4.79. The maximum absolute atomic E-state index is 14.0. The normalized spacial score (nSPS) is 18.7. The molecule has 1 amide bonds. The minimum atomic E-state index is -0.629. The van der Waals surface area contributed by atoms with Gasteiger partial charge in [0.1, 0.15) is 0 Å². The van der Waals surface area contributed by atoms with Crippen molar-refractivity contribution < 1.29 is 14.1 Å². The zero-order chi connectivity index (χ0) is 14.7. The van der Waals surface area contributed by atoms with Crippen LogP contribution in [-0.4, -0.2) is 31.0 Å². The van der Waals surface area contributed by atoms with Crippen molar-refractivity contribution in [3.05, 3.63) is 34.1 Å². The fraction of sp³-hybridized carbons (Fsp3) is 0.462. The van der Waals surface area contributed by atoms with Gasteiger partial charge in [-0.1, -0.05) is 0 Å². The van der Waals surface area contributed by atoms with Gasteiger partial charge in [0.05, 0.1) is 22.6 Å². The van der Waals surface area contributed by atoms with Crippen LogP contribution in [0.2, 0.25) is 0 Å². The Kier molecular flexibility index (Phi) is 4.16. The second kappa shape index (κ2) is 5.85. The molecule has 1 saturated heterocycles. The number of piperidine rings is 1. The maximum Gasteiger partial charge on any atom is 0.272 e. The van der Waals surface area contributed by atoms with E-state index >= 15 is 0 Å². The SMILES string of the molecule is CNC(=O)[C@H]1CCCN(c2ccc([N+](=O)[O-])cc2F)C1. The van der Waals surface area contributed by atoms with E-state index in [0.717, 1.165) is 18.9 Å². The van der Waals surface area contributed by atoms with Crippen molar-refractivity contribution in [1.29, 1.82) is 0 Å². The van der Waals surface area contributed by atoms with Crippen molar-refractivity contribution in [2.45, 2.75) is 12.8 Å². The summed E-state index contributed by atoms with van der Waals surface area (Å²) in [5.41, 5.74) is 0.0373. The van der Waals surface area contributed by atoms with Crippen LogP contribution >= 0.6 is 0 Å². The highest BCUT2D eigenvalue weighted by Gasteiger charge is 2.27. The molecule has 0 unspecified atom stereocenters. The summed E-state index contributed by atoms with van der Waals surface area (Å²) in [4.78, 5) is 23.4. The van der Waals surface area contributed by atoms with Gasteiger partial charge < -0.3 is 10.2 Å². The smallest absolute Gasteiger partial charge is 0.272 e.